The maximum atomic E-state index is 14.7. The number of carbonyl (C=O) groups is 1. The van der Waals surface area contributed by atoms with Crippen molar-refractivity contribution in [3.05, 3.63) is 124 Å². The number of nitrogens with zero attached hydrogens (tertiary/aromatic N) is 4. The van der Waals surface area contributed by atoms with Crippen LogP contribution in [0.5, 0.6) is 23.0 Å². The smallest absolute Gasteiger partial charge is 0.252 e. The first kappa shape index (κ1) is 33.6. The highest BCUT2D eigenvalue weighted by Gasteiger charge is 2.53. The second-order valence-electron chi connectivity index (χ2n) is 10.9. The van der Waals surface area contributed by atoms with Crippen LogP contribution in [0.4, 0.5) is 5.69 Å². The average Bonchev–Trinajstić information content (AvgIpc) is 3.52. The number of hydrogen-bond acceptors (Lipinski definition) is 9. The third kappa shape index (κ3) is 7.30. The summed E-state index contributed by atoms with van der Waals surface area (Å²) < 4.78 is 28.9. The molecular weight excluding hydrogens is 614 g/mol. The van der Waals surface area contributed by atoms with E-state index in [9.17, 15) is 10.3 Å². The summed E-state index contributed by atoms with van der Waals surface area (Å²) in [6.45, 7) is 0.455. The van der Waals surface area contributed by atoms with Crippen molar-refractivity contribution in [3.63, 3.8) is 0 Å². The number of aliphatic hydroxyl groups is 1. The number of rotatable bonds is 15. The summed E-state index contributed by atoms with van der Waals surface area (Å²) in [7, 11) is 4.61. The molecule has 4 aromatic rings. The Labute approximate surface area is 278 Å². The number of methoxy groups -OCH3 is 3. The van der Waals surface area contributed by atoms with Crippen molar-refractivity contribution < 1.29 is 33.6 Å². The summed E-state index contributed by atoms with van der Waals surface area (Å²) in [5, 5.41) is 16.1. The van der Waals surface area contributed by atoms with Gasteiger partial charge in [0.15, 0.2) is 11.6 Å². The van der Waals surface area contributed by atoms with Crippen LogP contribution in [0.1, 0.15) is 34.8 Å². The van der Waals surface area contributed by atoms with Gasteiger partial charge in [0.2, 0.25) is 5.90 Å². The SMILES string of the molecule is COc1cc(OC)c(CNC(=O)[C@]2(Cc3ccccc3N=[N+]=[N-])N=C(c3ccc(OCCCO)cc3)O[C@@H]2c2ccccc2)c(OC)c1. The van der Waals surface area contributed by atoms with Crippen molar-refractivity contribution in [2.45, 2.75) is 31.0 Å². The monoisotopic (exact) mass is 651 g/mol. The van der Waals surface area contributed by atoms with Gasteiger partial charge in [-0.2, -0.15) is 0 Å². The fourth-order valence-corrected chi connectivity index (χ4v) is 5.58. The fourth-order valence-electron chi connectivity index (χ4n) is 5.58. The predicted octanol–water partition coefficient (Wildman–Crippen LogP) is 6.23. The lowest BCUT2D eigenvalue weighted by molar-refractivity contribution is -0.129. The zero-order chi connectivity index (χ0) is 33.9. The van der Waals surface area contributed by atoms with Crippen molar-refractivity contribution in [3.8, 4) is 23.0 Å². The molecule has 0 saturated heterocycles. The van der Waals surface area contributed by atoms with Gasteiger partial charge in [-0.15, -0.1) is 0 Å². The van der Waals surface area contributed by atoms with Crippen LogP contribution < -0.4 is 24.3 Å². The normalized spacial score (nSPS) is 16.6. The van der Waals surface area contributed by atoms with Crippen molar-refractivity contribution in [1.29, 1.82) is 0 Å². The first-order valence-electron chi connectivity index (χ1n) is 15.3. The molecule has 0 aromatic heterocycles. The van der Waals surface area contributed by atoms with Crippen molar-refractivity contribution in [1.82, 2.24) is 5.32 Å². The van der Waals surface area contributed by atoms with Crippen molar-refractivity contribution in [2.75, 3.05) is 34.5 Å². The highest BCUT2D eigenvalue weighted by Crippen LogP contribution is 2.44. The number of aliphatic hydroxyl groups excluding tert-OH is 1. The molecule has 1 aliphatic rings. The maximum absolute atomic E-state index is 14.7. The number of aliphatic imine (C=N–C) groups is 1. The number of hydrogen-bond donors (Lipinski definition) is 2. The average molecular weight is 652 g/mol. The van der Waals surface area contributed by atoms with Gasteiger partial charge in [-0.1, -0.05) is 59.7 Å². The van der Waals surface area contributed by atoms with Crippen LogP contribution in [-0.4, -0.2) is 57.0 Å². The number of benzene rings is 4. The zero-order valence-corrected chi connectivity index (χ0v) is 27.0. The molecule has 48 heavy (non-hydrogen) atoms. The Morgan fingerprint density at radius 3 is 2.29 bits per heavy atom. The van der Waals surface area contributed by atoms with Gasteiger partial charge in [0.05, 0.1) is 40.0 Å². The van der Waals surface area contributed by atoms with Crippen LogP contribution in [0, 0.1) is 0 Å². The zero-order valence-electron chi connectivity index (χ0n) is 27.0. The van der Waals surface area contributed by atoms with Gasteiger partial charge in [-0.05, 0) is 40.9 Å². The Kier molecular flexibility index (Phi) is 11.0. The van der Waals surface area contributed by atoms with Gasteiger partial charge in [-0.25, -0.2) is 4.99 Å². The van der Waals surface area contributed by atoms with Crippen LogP contribution in [-0.2, 0) is 22.5 Å². The van der Waals surface area contributed by atoms with Gasteiger partial charge in [-0.3, -0.25) is 4.79 Å². The fraction of sp³-hybridized carbons (Fsp3) is 0.278. The standard InChI is InChI=1S/C36H37N5O7/c1-44-28-20-31(45-2)29(32(21-28)46-3)23-38-35(43)36(22-26-12-7-8-13-30(26)40-41-37)33(24-10-5-4-6-11-24)48-34(39-36)25-14-16-27(17-15-25)47-19-9-18-42/h4-8,10-17,20-21,33,42H,9,18-19,22-23H2,1-3H3,(H,38,43)/t33-,36-/m1/s1. The summed E-state index contributed by atoms with van der Waals surface area (Å²) in [6.07, 6.45) is -0.288. The molecule has 4 aromatic carbocycles. The molecule has 2 N–H and O–H groups in total. The first-order valence-corrected chi connectivity index (χ1v) is 15.3. The Bertz CT molecular complexity index is 1770. The summed E-state index contributed by atoms with van der Waals surface area (Å²) in [6, 6.07) is 27.1. The number of nitrogens with one attached hydrogen (secondary N) is 1. The molecule has 0 radical (unpaired) electrons. The molecule has 0 unspecified atom stereocenters. The molecule has 2 atom stereocenters. The molecule has 0 spiro atoms. The molecule has 1 heterocycles. The van der Waals surface area contributed by atoms with Crippen LogP contribution in [0.3, 0.4) is 0 Å². The van der Waals surface area contributed by atoms with E-state index in [1.54, 1.807) is 43.5 Å². The molecular formula is C36H37N5O7. The van der Waals surface area contributed by atoms with Crippen LogP contribution in [0.2, 0.25) is 0 Å². The highest BCUT2D eigenvalue weighted by atomic mass is 16.5. The predicted molar refractivity (Wildman–Crippen MR) is 180 cm³/mol. The molecule has 12 nitrogen and oxygen atoms in total. The molecule has 0 fully saturated rings. The van der Waals surface area contributed by atoms with E-state index >= 15 is 0 Å². The number of ether oxygens (including phenoxy) is 5. The van der Waals surface area contributed by atoms with E-state index in [-0.39, 0.29) is 25.5 Å². The third-order valence-electron chi connectivity index (χ3n) is 7.98. The Morgan fingerprint density at radius 2 is 1.65 bits per heavy atom. The quantitative estimate of drug-likeness (QED) is 0.0668. The van der Waals surface area contributed by atoms with Gasteiger partial charge in [0, 0.05) is 47.7 Å². The summed E-state index contributed by atoms with van der Waals surface area (Å²) in [4.78, 5) is 22.8. The molecule has 1 aliphatic heterocycles. The minimum absolute atomic E-state index is 0.0363. The second-order valence-corrected chi connectivity index (χ2v) is 10.9. The summed E-state index contributed by atoms with van der Waals surface area (Å²) in [5.41, 5.74) is 10.7. The summed E-state index contributed by atoms with van der Waals surface area (Å²) in [5.74, 6) is 1.95. The molecule has 0 saturated carbocycles. The molecule has 5 rings (SSSR count). The summed E-state index contributed by atoms with van der Waals surface area (Å²) >= 11 is 0. The van der Waals surface area contributed by atoms with E-state index in [1.807, 2.05) is 54.6 Å². The molecule has 12 heteroatoms. The molecule has 248 valence electrons. The largest absolute Gasteiger partial charge is 0.496 e. The van der Waals surface area contributed by atoms with E-state index in [2.05, 4.69) is 15.3 Å². The number of carbonyl (C=O) groups excluding carboxylic acids is 1. The molecule has 0 aliphatic carbocycles. The highest BCUT2D eigenvalue weighted by molar-refractivity contribution is 6.01. The van der Waals surface area contributed by atoms with E-state index < -0.39 is 17.6 Å². The lowest BCUT2D eigenvalue weighted by atomic mass is 9.81. The van der Waals surface area contributed by atoms with Gasteiger partial charge < -0.3 is 34.1 Å². The lowest BCUT2D eigenvalue weighted by Gasteiger charge is -2.31. The minimum atomic E-state index is -1.54. The van der Waals surface area contributed by atoms with E-state index in [0.717, 1.165) is 5.56 Å². The topological polar surface area (TPSA) is 157 Å². The minimum Gasteiger partial charge on any atom is -0.496 e. The second kappa shape index (κ2) is 15.7. The first-order chi connectivity index (χ1) is 23.5. The lowest BCUT2D eigenvalue weighted by Crippen LogP contribution is -2.49. The van der Waals surface area contributed by atoms with E-state index in [1.165, 1.54) is 14.2 Å². The van der Waals surface area contributed by atoms with Gasteiger partial charge in [0.25, 0.3) is 5.91 Å². The molecule has 1 amide bonds. The molecule has 0 bridgehead atoms. The van der Waals surface area contributed by atoms with E-state index in [4.69, 9.17) is 33.8 Å². The van der Waals surface area contributed by atoms with Crippen LogP contribution >= 0.6 is 0 Å². The van der Waals surface area contributed by atoms with E-state index in [0.29, 0.717) is 58.4 Å². The maximum Gasteiger partial charge on any atom is 0.252 e. The Morgan fingerprint density at radius 1 is 0.958 bits per heavy atom. The van der Waals surface area contributed by atoms with Crippen molar-refractivity contribution >= 4 is 17.5 Å². The van der Waals surface area contributed by atoms with Crippen LogP contribution in [0.15, 0.2) is 101 Å². The Hall–Kier alpha value is -5.71. The van der Waals surface area contributed by atoms with Gasteiger partial charge >= 0.3 is 0 Å². The third-order valence-corrected chi connectivity index (χ3v) is 7.98. The Balaban J connectivity index is 1.60. The van der Waals surface area contributed by atoms with Gasteiger partial charge in [0.1, 0.15) is 23.0 Å². The number of amides is 1. The number of azide groups is 1. The van der Waals surface area contributed by atoms with Crippen LogP contribution in [0.25, 0.3) is 10.4 Å². The van der Waals surface area contributed by atoms with Crippen molar-refractivity contribution in [2.24, 2.45) is 10.1 Å².